The lowest BCUT2D eigenvalue weighted by Crippen LogP contribution is -2.38. The van der Waals surface area contributed by atoms with Crippen LogP contribution < -0.4 is 10.1 Å². The number of rotatable bonds is 6. The average molecular weight is 238 g/mol. The van der Waals surface area contributed by atoms with Crippen molar-refractivity contribution in [3.05, 3.63) is 24.5 Å². The molecule has 0 aliphatic carbocycles. The Morgan fingerprint density at radius 3 is 2.94 bits per heavy atom. The first-order valence-electron chi connectivity index (χ1n) is 5.14. The number of carboxylic acids is 1. The zero-order chi connectivity index (χ0) is 12.7. The first-order chi connectivity index (χ1) is 8.09. The number of carboxylic acid groups (broad SMARTS) is 1. The number of nitrogens with one attached hydrogen (secondary N) is 1. The van der Waals surface area contributed by atoms with Gasteiger partial charge in [-0.05, 0) is 19.1 Å². The van der Waals surface area contributed by atoms with Crippen molar-refractivity contribution in [2.24, 2.45) is 0 Å². The van der Waals surface area contributed by atoms with Gasteiger partial charge in [-0.25, -0.2) is 0 Å². The van der Waals surface area contributed by atoms with E-state index in [1.165, 1.54) is 13.1 Å². The van der Waals surface area contributed by atoms with Crippen LogP contribution in [-0.4, -0.2) is 34.6 Å². The summed E-state index contributed by atoms with van der Waals surface area (Å²) < 4.78 is 5.25. The molecule has 0 saturated carbocycles. The van der Waals surface area contributed by atoms with E-state index in [0.29, 0.717) is 5.75 Å². The molecule has 1 rings (SSSR count). The minimum Gasteiger partial charge on any atom is -0.491 e. The van der Waals surface area contributed by atoms with Crippen molar-refractivity contribution >= 4 is 11.9 Å². The molecule has 0 aliphatic heterocycles. The summed E-state index contributed by atoms with van der Waals surface area (Å²) in [6, 6.07) is 2.56. The molecule has 0 fully saturated rings. The molecule has 0 saturated heterocycles. The Bertz CT molecular complexity index is 380. The number of amides is 1. The summed E-state index contributed by atoms with van der Waals surface area (Å²) in [5.74, 6) is -0.845. The normalized spacial score (nSPS) is 11.6. The minimum atomic E-state index is -1.06. The van der Waals surface area contributed by atoms with E-state index in [0.717, 1.165) is 0 Å². The maximum atomic E-state index is 11.3. The number of hydrogen-bond acceptors (Lipinski definition) is 4. The minimum absolute atomic E-state index is 0.104. The highest BCUT2D eigenvalue weighted by molar-refractivity contribution is 5.83. The van der Waals surface area contributed by atoms with Crippen molar-refractivity contribution in [3.8, 4) is 5.75 Å². The van der Waals surface area contributed by atoms with Gasteiger partial charge < -0.3 is 15.2 Å². The number of ether oxygens (including phenoxy) is 1. The highest BCUT2D eigenvalue weighted by atomic mass is 16.5. The molecule has 0 unspecified atom stereocenters. The van der Waals surface area contributed by atoms with Crippen LogP contribution in [0.3, 0.4) is 0 Å². The monoisotopic (exact) mass is 238 g/mol. The molecule has 1 aromatic heterocycles. The topological polar surface area (TPSA) is 88.5 Å². The quantitative estimate of drug-likeness (QED) is 0.750. The summed E-state index contributed by atoms with van der Waals surface area (Å²) in [4.78, 5) is 25.6. The fourth-order valence-corrected chi connectivity index (χ4v) is 1.07. The van der Waals surface area contributed by atoms with Gasteiger partial charge in [0, 0.05) is 6.20 Å². The van der Waals surface area contributed by atoms with Gasteiger partial charge in [-0.1, -0.05) is 0 Å². The molecule has 0 aromatic carbocycles. The largest absolute Gasteiger partial charge is 0.491 e. The van der Waals surface area contributed by atoms with Crippen molar-refractivity contribution in [2.75, 3.05) is 6.61 Å². The number of nitrogens with zero attached hydrogens (tertiary/aromatic N) is 1. The van der Waals surface area contributed by atoms with E-state index in [-0.39, 0.29) is 18.9 Å². The van der Waals surface area contributed by atoms with Crippen molar-refractivity contribution in [1.82, 2.24) is 10.3 Å². The summed E-state index contributed by atoms with van der Waals surface area (Å²) in [7, 11) is 0. The molecule has 1 heterocycles. The van der Waals surface area contributed by atoms with Gasteiger partial charge in [-0.3, -0.25) is 14.6 Å². The Kier molecular flexibility index (Phi) is 4.93. The van der Waals surface area contributed by atoms with Crippen LogP contribution in [0.25, 0.3) is 0 Å². The van der Waals surface area contributed by atoms with Gasteiger partial charge in [0.05, 0.1) is 19.2 Å². The Labute approximate surface area is 98.6 Å². The lowest BCUT2D eigenvalue weighted by Gasteiger charge is -2.09. The summed E-state index contributed by atoms with van der Waals surface area (Å²) in [6.45, 7) is 1.59. The number of hydrogen-bond donors (Lipinski definition) is 2. The number of carbonyl (C=O) groups excluding carboxylic acids is 1. The predicted octanol–water partition coefficient (Wildman–Crippen LogP) is 0.440. The Morgan fingerprint density at radius 2 is 2.35 bits per heavy atom. The number of carbonyl (C=O) groups is 2. The van der Waals surface area contributed by atoms with Crippen LogP contribution in [-0.2, 0) is 9.59 Å². The molecule has 1 amide bonds. The van der Waals surface area contributed by atoms with Gasteiger partial charge in [-0.15, -0.1) is 0 Å². The molecule has 0 aliphatic rings. The number of aromatic nitrogens is 1. The van der Waals surface area contributed by atoms with Crippen molar-refractivity contribution in [1.29, 1.82) is 0 Å². The maximum absolute atomic E-state index is 11.3. The van der Waals surface area contributed by atoms with Crippen LogP contribution in [0.2, 0.25) is 0 Å². The van der Waals surface area contributed by atoms with Gasteiger partial charge in [0.15, 0.2) is 0 Å². The molecule has 6 nitrogen and oxygen atoms in total. The highest BCUT2D eigenvalue weighted by Gasteiger charge is 2.13. The van der Waals surface area contributed by atoms with Crippen LogP contribution in [0.4, 0.5) is 0 Å². The van der Waals surface area contributed by atoms with E-state index >= 15 is 0 Å². The highest BCUT2D eigenvalue weighted by Crippen LogP contribution is 2.06. The van der Waals surface area contributed by atoms with Gasteiger partial charge in [0.1, 0.15) is 11.8 Å². The average Bonchev–Trinajstić information content (AvgIpc) is 2.30. The van der Waals surface area contributed by atoms with Crippen molar-refractivity contribution in [3.63, 3.8) is 0 Å². The first kappa shape index (κ1) is 13.0. The molecule has 1 aromatic rings. The molecule has 2 N–H and O–H groups in total. The summed E-state index contributed by atoms with van der Waals surface area (Å²) in [5, 5.41) is 10.9. The van der Waals surface area contributed by atoms with E-state index in [4.69, 9.17) is 9.84 Å². The van der Waals surface area contributed by atoms with Crippen LogP contribution in [0.5, 0.6) is 5.75 Å². The molecule has 0 bridgehead atoms. The third kappa shape index (κ3) is 4.96. The summed E-state index contributed by atoms with van der Waals surface area (Å²) in [6.07, 6.45) is 3.26. The zero-order valence-corrected chi connectivity index (χ0v) is 9.42. The van der Waals surface area contributed by atoms with Crippen molar-refractivity contribution < 1.29 is 19.4 Å². The smallest absolute Gasteiger partial charge is 0.325 e. The van der Waals surface area contributed by atoms with E-state index in [9.17, 15) is 9.59 Å². The SMILES string of the molecule is C[C@H](NC(=O)CCOc1cccnc1)C(=O)O. The number of aliphatic carboxylic acids is 1. The molecule has 1 atom stereocenters. The van der Waals surface area contributed by atoms with E-state index in [1.807, 2.05) is 0 Å². The van der Waals surface area contributed by atoms with E-state index < -0.39 is 12.0 Å². The molecule has 6 heteroatoms. The fraction of sp³-hybridized carbons (Fsp3) is 0.364. The third-order valence-electron chi connectivity index (χ3n) is 1.98. The van der Waals surface area contributed by atoms with Gasteiger partial charge in [0.25, 0.3) is 0 Å². The fourth-order valence-electron chi connectivity index (χ4n) is 1.07. The van der Waals surface area contributed by atoms with Crippen molar-refractivity contribution in [2.45, 2.75) is 19.4 Å². The van der Waals surface area contributed by atoms with Crippen LogP contribution >= 0.6 is 0 Å². The molecule has 0 spiro atoms. The van der Waals surface area contributed by atoms with Gasteiger partial charge in [-0.2, -0.15) is 0 Å². The second-order valence-electron chi connectivity index (χ2n) is 3.41. The zero-order valence-electron chi connectivity index (χ0n) is 9.42. The van der Waals surface area contributed by atoms with Crippen LogP contribution in [0.1, 0.15) is 13.3 Å². The third-order valence-corrected chi connectivity index (χ3v) is 1.98. The lowest BCUT2D eigenvalue weighted by atomic mass is 10.3. The van der Waals surface area contributed by atoms with Gasteiger partial charge in [0.2, 0.25) is 5.91 Å². The Hall–Kier alpha value is -2.11. The first-order valence-corrected chi connectivity index (χ1v) is 5.14. The molecular formula is C11H14N2O4. The second kappa shape index (κ2) is 6.47. The van der Waals surface area contributed by atoms with E-state index in [1.54, 1.807) is 18.3 Å². The maximum Gasteiger partial charge on any atom is 0.325 e. The number of pyridine rings is 1. The molecule has 0 radical (unpaired) electrons. The molecule has 17 heavy (non-hydrogen) atoms. The second-order valence-corrected chi connectivity index (χ2v) is 3.41. The molecular weight excluding hydrogens is 224 g/mol. The van der Waals surface area contributed by atoms with Gasteiger partial charge >= 0.3 is 5.97 Å². The lowest BCUT2D eigenvalue weighted by molar-refractivity contribution is -0.141. The predicted molar refractivity (Wildman–Crippen MR) is 59.6 cm³/mol. The standard InChI is InChI=1S/C11H14N2O4/c1-8(11(15)16)13-10(14)4-6-17-9-3-2-5-12-7-9/h2-3,5,7-8H,4,6H2,1H3,(H,13,14)(H,15,16)/t8-/m0/s1. The summed E-state index contributed by atoms with van der Waals surface area (Å²) in [5.41, 5.74) is 0. The van der Waals surface area contributed by atoms with Crippen LogP contribution in [0, 0.1) is 0 Å². The van der Waals surface area contributed by atoms with E-state index in [2.05, 4.69) is 10.3 Å². The Morgan fingerprint density at radius 1 is 1.59 bits per heavy atom. The summed E-state index contributed by atoms with van der Waals surface area (Å²) >= 11 is 0. The Balaban J connectivity index is 2.23. The molecule has 92 valence electrons. The van der Waals surface area contributed by atoms with Crippen LogP contribution in [0.15, 0.2) is 24.5 Å².